The molecule has 4 rings (SSSR count). The van der Waals surface area contributed by atoms with Crippen LogP contribution in [-0.2, 0) is 29.2 Å². The number of nitrogens with one attached hydrogen (secondary N) is 2. The fourth-order valence-electron chi connectivity index (χ4n) is 4.99. The highest BCUT2D eigenvalue weighted by atomic mass is 35.5. The van der Waals surface area contributed by atoms with E-state index >= 15 is 0 Å². The van der Waals surface area contributed by atoms with Crippen molar-refractivity contribution in [2.45, 2.75) is 52.9 Å². The van der Waals surface area contributed by atoms with Crippen molar-refractivity contribution in [3.8, 4) is 6.07 Å². The number of aliphatic imine (C=N–C) groups is 1. The first kappa shape index (κ1) is 33.9. The van der Waals surface area contributed by atoms with Gasteiger partial charge in [-0.2, -0.15) is 5.26 Å². The van der Waals surface area contributed by atoms with Crippen LogP contribution in [0.4, 0.5) is 11.4 Å². The Kier molecular flexibility index (Phi) is 13.2. The quantitative estimate of drug-likeness (QED) is 0.125. The van der Waals surface area contributed by atoms with Crippen LogP contribution in [0.25, 0.3) is 10.9 Å². The molecule has 8 nitrogen and oxygen atoms in total. The van der Waals surface area contributed by atoms with Crippen molar-refractivity contribution in [3.05, 3.63) is 93.0 Å². The van der Waals surface area contributed by atoms with Gasteiger partial charge < -0.3 is 25.0 Å². The predicted octanol–water partition coefficient (Wildman–Crippen LogP) is 7.56. The molecule has 0 radical (unpaired) electrons. The summed E-state index contributed by atoms with van der Waals surface area (Å²) in [6.07, 6.45) is 12.3. The third-order valence-corrected chi connectivity index (χ3v) is 8.05. The third-order valence-electron chi connectivity index (χ3n) is 7.52. The number of hydrogen-bond acceptors (Lipinski definition) is 8. The Balaban J connectivity index is 1.51. The Hall–Kier alpha value is -3.96. The van der Waals surface area contributed by atoms with Crippen LogP contribution in [0.1, 0.15) is 54.0 Å². The maximum absolute atomic E-state index is 9.98. The SMILES string of the molecule is CCOCc1cc2ncc(C#N)c(NCc3ccc(COCC4=C=C/C=C\CC=N4)c(Cl)c3C)c2cc1NCCCCN(C)C. The zero-order chi connectivity index (χ0) is 32.0. The summed E-state index contributed by atoms with van der Waals surface area (Å²) in [5.74, 6) is 0. The van der Waals surface area contributed by atoms with Gasteiger partial charge in [0.25, 0.3) is 0 Å². The zero-order valence-electron chi connectivity index (χ0n) is 26.8. The number of unbranched alkanes of at least 4 members (excludes halogenated alkanes) is 1. The van der Waals surface area contributed by atoms with E-state index in [9.17, 15) is 5.26 Å². The summed E-state index contributed by atoms with van der Waals surface area (Å²) in [4.78, 5) is 11.2. The molecule has 0 spiro atoms. The predicted molar refractivity (Wildman–Crippen MR) is 185 cm³/mol. The molecular weight excluding hydrogens is 584 g/mol. The Morgan fingerprint density at radius 2 is 1.89 bits per heavy atom. The first-order chi connectivity index (χ1) is 21.9. The first-order valence-corrected chi connectivity index (χ1v) is 15.8. The van der Waals surface area contributed by atoms with E-state index < -0.39 is 0 Å². The number of anilines is 2. The summed E-state index contributed by atoms with van der Waals surface area (Å²) in [6.45, 7) is 8.23. The van der Waals surface area contributed by atoms with Gasteiger partial charge in [-0.25, -0.2) is 0 Å². The minimum absolute atomic E-state index is 0.352. The van der Waals surface area contributed by atoms with E-state index in [2.05, 4.69) is 69.6 Å². The molecule has 0 fully saturated rings. The van der Waals surface area contributed by atoms with Crippen molar-refractivity contribution in [2.24, 2.45) is 4.99 Å². The van der Waals surface area contributed by atoms with Crippen LogP contribution in [0.5, 0.6) is 0 Å². The summed E-state index contributed by atoms with van der Waals surface area (Å²) in [5, 5.41) is 18.7. The summed E-state index contributed by atoms with van der Waals surface area (Å²) >= 11 is 6.81. The molecule has 1 aromatic heterocycles. The van der Waals surface area contributed by atoms with Crippen LogP contribution in [0.2, 0.25) is 5.02 Å². The number of nitriles is 1. The van der Waals surface area contributed by atoms with Gasteiger partial charge in [-0.1, -0.05) is 41.6 Å². The molecule has 2 aromatic carbocycles. The van der Waals surface area contributed by atoms with Crippen LogP contribution < -0.4 is 10.6 Å². The van der Waals surface area contributed by atoms with E-state index in [-0.39, 0.29) is 0 Å². The molecule has 0 saturated carbocycles. The molecule has 1 aliphatic rings. The number of benzene rings is 2. The molecule has 0 amide bonds. The second kappa shape index (κ2) is 17.5. The minimum atomic E-state index is 0.352. The maximum atomic E-state index is 9.98. The van der Waals surface area contributed by atoms with Gasteiger partial charge in [0.05, 0.1) is 36.6 Å². The minimum Gasteiger partial charge on any atom is -0.385 e. The molecule has 0 bridgehead atoms. The molecule has 9 heteroatoms. The van der Waals surface area contributed by atoms with Gasteiger partial charge in [0.15, 0.2) is 0 Å². The van der Waals surface area contributed by atoms with Crippen molar-refractivity contribution in [1.29, 1.82) is 5.26 Å². The zero-order valence-corrected chi connectivity index (χ0v) is 27.5. The van der Waals surface area contributed by atoms with Crippen molar-refractivity contribution in [3.63, 3.8) is 0 Å². The lowest BCUT2D eigenvalue weighted by atomic mass is 10.0. The van der Waals surface area contributed by atoms with Crippen LogP contribution in [0, 0.1) is 18.3 Å². The third kappa shape index (κ3) is 9.76. The molecule has 0 unspecified atom stereocenters. The van der Waals surface area contributed by atoms with Crippen LogP contribution in [0.3, 0.4) is 0 Å². The lowest BCUT2D eigenvalue weighted by molar-refractivity contribution is 0.134. The maximum Gasteiger partial charge on any atom is 0.107 e. The smallest absolute Gasteiger partial charge is 0.107 e. The average molecular weight is 627 g/mol. The van der Waals surface area contributed by atoms with Gasteiger partial charge in [-0.3, -0.25) is 9.98 Å². The second-order valence-corrected chi connectivity index (χ2v) is 11.5. The van der Waals surface area contributed by atoms with Crippen LogP contribution in [0.15, 0.2) is 65.1 Å². The van der Waals surface area contributed by atoms with E-state index in [1.807, 2.05) is 44.4 Å². The van der Waals surface area contributed by atoms with E-state index in [1.54, 1.807) is 6.20 Å². The number of nitrogens with zero attached hydrogens (tertiary/aromatic N) is 4. The topological polar surface area (TPSA) is 94.8 Å². The van der Waals surface area contributed by atoms with Crippen LogP contribution >= 0.6 is 11.6 Å². The Morgan fingerprint density at radius 3 is 2.69 bits per heavy atom. The molecular formula is C36H43ClN6O2. The number of hydrogen-bond donors (Lipinski definition) is 2. The van der Waals surface area contributed by atoms with Gasteiger partial charge in [0, 0.05) is 60.2 Å². The highest BCUT2D eigenvalue weighted by Gasteiger charge is 2.15. The summed E-state index contributed by atoms with van der Waals surface area (Å²) in [6, 6.07) is 10.5. The molecule has 236 valence electrons. The molecule has 45 heavy (non-hydrogen) atoms. The van der Waals surface area contributed by atoms with Gasteiger partial charge in [0.2, 0.25) is 0 Å². The molecule has 1 aliphatic heterocycles. The van der Waals surface area contributed by atoms with E-state index in [4.69, 9.17) is 21.1 Å². The van der Waals surface area contributed by atoms with Crippen molar-refractivity contribution in [1.82, 2.24) is 9.88 Å². The Labute approximate surface area is 272 Å². The molecule has 0 aliphatic carbocycles. The normalized spacial score (nSPS) is 13.4. The molecule has 0 atom stereocenters. The summed E-state index contributed by atoms with van der Waals surface area (Å²) in [7, 11) is 4.18. The Bertz CT molecular complexity index is 1630. The van der Waals surface area contributed by atoms with Gasteiger partial charge >= 0.3 is 0 Å². The Morgan fingerprint density at radius 1 is 1.07 bits per heavy atom. The lowest BCUT2D eigenvalue weighted by Crippen LogP contribution is -2.14. The summed E-state index contributed by atoms with van der Waals surface area (Å²) < 4.78 is 11.7. The van der Waals surface area contributed by atoms with Gasteiger partial charge in [-0.15, -0.1) is 0 Å². The van der Waals surface area contributed by atoms with E-state index in [0.717, 1.165) is 82.6 Å². The monoisotopic (exact) mass is 626 g/mol. The fourth-order valence-corrected chi connectivity index (χ4v) is 5.22. The standard InChI is InChI=1S/C36H43ClN6O2/c1-5-44-24-29-18-34-32(19-33(29)40-16-10-11-17-43(3)4)36(30(20-38)22-41-34)42-21-27-13-14-28(35(37)26(27)2)23-45-25-31-12-8-6-7-9-15-39-31/h6-8,13-15,18-19,22,40H,5,9-11,16-17,21,23-25H2,1-4H3,(H,41,42)/b7-6-,39-15?. The van der Waals surface area contributed by atoms with Gasteiger partial charge in [0.1, 0.15) is 11.8 Å². The largest absolute Gasteiger partial charge is 0.385 e. The number of halogens is 1. The number of pyridine rings is 1. The second-order valence-electron chi connectivity index (χ2n) is 11.2. The van der Waals surface area contributed by atoms with E-state index in [0.29, 0.717) is 43.6 Å². The highest BCUT2D eigenvalue weighted by molar-refractivity contribution is 6.32. The highest BCUT2D eigenvalue weighted by Crippen LogP contribution is 2.33. The number of fused-ring (bicyclic) bond motifs is 1. The number of allylic oxidation sites excluding steroid dienone is 2. The van der Waals surface area contributed by atoms with Crippen molar-refractivity contribution < 1.29 is 9.47 Å². The summed E-state index contributed by atoms with van der Waals surface area (Å²) in [5.41, 5.74) is 10.9. The molecule has 2 N–H and O–H groups in total. The van der Waals surface area contributed by atoms with Crippen molar-refractivity contribution in [2.75, 3.05) is 51.0 Å². The average Bonchev–Trinajstić information content (AvgIpc) is 3.02. The number of aromatic nitrogens is 1. The molecule has 0 saturated heterocycles. The lowest BCUT2D eigenvalue weighted by Gasteiger charge is -2.18. The number of rotatable bonds is 16. The first-order valence-electron chi connectivity index (χ1n) is 15.4. The molecule has 2 heterocycles. The fraction of sp³-hybridized carbons (Fsp3) is 0.389. The van der Waals surface area contributed by atoms with E-state index in [1.165, 1.54) is 0 Å². The molecule has 3 aromatic rings. The number of ether oxygens (including phenoxy) is 2. The van der Waals surface area contributed by atoms with Crippen LogP contribution in [-0.4, -0.2) is 56.5 Å². The van der Waals surface area contributed by atoms with Gasteiger partial charge in [-0.05, 0) is 82.2 Å². The van der Waals surface area contributed by atoms with Crippen molar-refractivity contribution >= 4 is 40.1 Å².